The van der Waals surface area contributed by atoms with Crippen LogP contribution in [0.4, 0.5) is 0 Å². The number of ketones is 1. The minimum atomic E-state index is -2.26. The van der Waals surface area contributed by atoms with Crippen LogP contribution in [0.3, 0.4) is 0 Å². The zero-order chi connectivity index (χ0) is 13.1. The van der Waals surface area contributed by atoms with Gasteiger partial charge < -0.3 is 15.3 Å². The van der Waals surface area contributed by atoms with Gasteiger partial charge in [0.2, 0.25) is 11.4 Å². The van der Waals surface area contributed by atoms with Gasteiger partial charge in [0, 0.05) is 5.56 Å². The fourth-order valence-electron chi connectivity index (χ4n) is 1.50. The lowest BCUT2D eigenvalue weighted by atomic mass is 9.90. The molecule has 92 valence electrons. The smallest absolute Gasteiger partial charge is 0.207 e. The topological polar surface area (TPSA) is 77.8 Å². The van der Waals surface area contributed by atoms with Crippen molar-refractivity contribution in [3.63, 3.8) is 0 Å². The Bertz CT molecular complexity index is 432. The lowest BCUT2D eigenvalue weighted by molar-refractivity contribution is -0.00241. The molecule has 1 rings (SSSR count). The molecule has 0 radical (unpaired) electrons. The molecule has 4 nitrogen and oxygen atoms in total. The first-order chi connectivity index (χ1) is 7.93. The van der Waals surface area contributed by atoms with Crippen LogP contribution in [-0.2, 0) is 0 Å². The molecule has 1 atom stereocenters. The Balaban J connectivity index is 3.21. The van der Waals surface area contributed by atoms with Crippen molar-refractivity contribution in [3.05, 3.63) is 47.2 Å². The summed E-state index contributed by atoms with van der Waals surface area (Å²) in [5.41, 5.74) is -1.65. The van der Waals surface area contributed by atoms with Crippen LogP contribution >= 0.6 is 0 Å². The molecule has 4 heteroatoms. The van der Waals surface area contributed by atoms with Gasteiger partial charge in [-0.05, 0) is 19.4 Å². The summed E-state index contributed by atoms with van der Waals surface area (Å²) < 4.78 is 0. The molecule has 0 heterocycles. The number of rotatable bonds is 4. The lowest BCUT2D eigenvalue weighted by Gasteiger charge is -2.24. The Kier molecular flexibility index (Phi) is 4.04. The van der Waals surface area contributed by atoms with E-state index in [1.54, 1.807) is 32.0 Å². The molecule has 0 aromatic heterocycles. The lowest BCUT2D eigenvalue weighted by Crippen LogP contribution is -2.44. The standard InChI is InChI=1S/C13H16O4/c1-9(2)11(15)13(17,8-14)12(16)10-6-4-3-5-7-10/h3-7,14-15,17H,8H2,1-2H3. The van der Waals surface area contributed by atoms with Crippen LogP contribution in [0.1, 0.15) is 24.2 Å². The van der Waals surface area contributed by atoms with Crippen molar-refractivity contribution >= 4 is 5.78 Å². The van der Waals surface area contributed by atoms with E-state index in [1.165, 1.54) is 12.1 Å². The Hall–Kier alpha value is -1.65. The van der Waals surface area contributed by atoms with Crippen LogP contribution in [0, 0.1) is 0 Å². The van der Waals surface area contributed by atoms with Gasteiger partial charge in [-0.3, -0.25) is 4.79 Å². The second-order valence-electron chi connectivity index (χ2n) is 4.06. The van der Waals surface area contributed by atoms with Gasteiger partial charge in [-0.1, -0.05) is 30.3 Å². The summed E-state index contributed by atoms with van der Waals surface area (Å²) in [6.45, 7) is 2.24. The van der Waals surface area contributed by atoms with Crippen LogP contribution in [-0.4, -0.2) is 33.3 Å². The molecule has 0 bridgehead atoms. The molecule has 0 aliphatic heterocycles. The minimum absolute atomic E-state index is 0.233. The number of aliphatic hydroxyl groups excluding tert-OH is 2. The van der Waals surface area contributed by atoms with Gasteiger partial charge in [0.1, 0.15) is 5.76 Å². The predicted molar refractivity (Wildman–Crippen MR) is 63.8 cm³/mol. The molecule has 0 amide bonds. The zero-order valence-electron chi connectivity index (χ0n) is 9.84. The van der Waals surface area contributed by atoms with Crippen LogP contribution < -0.4 is 0 Å². The highest BCUT2D eigenvalue weighted by molar-refractivity contribution is 6.04. The largest absolute Gasteiger partial charge is 0.509 e. The van der Waals surface area contributed by atoms with Gasteiger partial charge >= 0.3 is 0 Å². The maximum atomic E-state index is 12.0. The molecule has 3 N–H and O–H groups in total. The third kappa shape index (κ3) is 2.54. The molecule has 0 saturated carbocycles. The average Bonchev–Trinajstić information content (AvgIpc) is 2.36. The van der Waals surface area contributed by atoms with E-state index >= 15 is 0 Å². The third-order valence-electron chi connectivity index (χ3n) is 2.51. The van der Waals surface area contributed by atoms with Crippen LogP contribution in [0.2, 0.25) is 0 Å². The summed E-state index contributed by atoms with van der Waals surface area (Å²) in [4.78, 5) is 12.0. The monoisotopic (exact) mass is 236 g/mol. The molecular weight excluding hydrogens is 220 g/mol. The van der Waals surface area contributed by atoms with Crippen LogP contribution in [0.5, 0.6) is 0 Å². The molecule has 0 aliphatic rings. The Morgan fingerprint density at radius 1 is 1.24 bits per heavy atom. The van der Waals surface area contributed by atoms with Gasteiger partial charge in [-0.25, -0.2) is 0 Å². The van der Waals surface area contributed by atoms with Crippen molar-refractivity contribution in [2.24, 2.45) is 0 Å². The molecule has 1 aromatic carbocycles. The fourth-order valence-corrected chi connectivity index (χ4v) is 1.50. The maximum Gasteiger partial charge on any atom is 0.207 e. The van der Waals surface area contributed by atoms with E-state index in [0.717, 1.165) is 0 Å². The number of aliphatic hydroxyl groups is 3. The molecule has 1 unspecified atom stereocenters. The van der Waals surface area contributed by atoms with Gasteiger partial charge in [-0.2, -0.15) is 0 Å². The minimum Gasteiger partial charge on any atom is -0.509 e. The van der Waals surface area contributed by atoms with Gasteiger partial charge in [0.25, 0.3) is 0 Å². The van der Waals surface area contributed by atoms with E-state index in [9.17, 15) is 20.1 Å². The van der Waals surface area contributed by atoms with E-state index in [2.05, 4.69) is 0 Å². The van der Waals surface area contributed by atoms with Gasteiger partial charge in [-0.15, -0.1) is 0 Å². The number of carbonyl (C=O) groups excluding carboxylic acids is 1. The van der Waals surface area contributed by atoms with Crippen molar-refractivity contribution in [1.29, 1.82) is 0 Å². The van der Waals surface area contributed by atoms with Crippen molar-refractivity contribution < 1.29 is 20.1 Å². The molecule has 0 aliphatic carbocycles. The number of allylic oxidation sites excluding steroid dienone is 1. The Labute approximate surface area is 99.8 Å². The predicted octanol–water partition coefficient (Wildman–Crippen LogP) is 1.44. The second kappa shape index (κ2) is 5.12. The van der Waals surface area contributed by atoms with Crippen molar-refractivity contribution in [2.45, 2.75) is 19.4 Å². The van der Waals surface area contributed by atoms with Crippen molar-refractivity contribution in [3.8, 4) is 0 Å². The zero-order valence-corrected chi connectivity index (χ0v) is 9.84. The number of hydrogen-bond acceptors (Lipinski definition) is 4. The molecular formula is C13H16O4. The Morgan fingerprint density at radius 2 is 1.76 bits per heavy atom. The highest BCUT2D eigenvalue weighted by atomic mass is 16.4. The van der Waals surface area contributed by atoms with Crippen molar-refractivity contribution in [1.82, 2.24) is 0 Å². The third-order valence-corrected chi connectivity index (χ3v) is 2.51. The summed E-state index contributed by atoms with van der Waals surface area (Å²) in [7, 11) is 0. The van der Waals surface area contributed by atoms with E-state index in [-0.39, 0.29) is 5.56 Å². The quantitative estimate of drug-likeness (QED) is 0.546. The van der Waals surface area contributed by atoms with Crippen LogP contribution in [0.25, 0.3) is 0 Å². The number of Topliss-reactive ketones (excluding diaryl/α,β-unsaturated/α-hetero) is 1. The number of hydrogen-bond donors (Lipinski definition) is 3. The molecule has 0 saturated heterocycles. The van der Waals surface area contributed by atoms with Crippen molar-refractivity contribution in [2.75, 3.05) is 6.61 Å². The Morgan fingerprint density at radius 3 is 2.18 bits per heavy atom. The fraction of sp³-hybridized carbons (Fsp3) is 0.308. The highest BCUT2D eigenvalue weighted by Crippen LogP contribution is 2.22. The first kappa shape index (κ1) is 13.4. The normalized spacial score (nSPS) is 13.9. The van der Waals surface area contributed by atoms with Gasteiger partial charge in [0.05, 0.1) is 6.61 Å². The molecule has 1 aromatic rings. The summed E-state index contributed by atoms with van der Waals surface area (Å²) in [5, 5.41) is 29.0. The first-order valence-electron chi connectivity index (χ1n) is 5.23. The summed E-state index contributed by atoms with van der Waals surface area (Å²) in [6, 6.07) is 8.05. The first-order valence-corrected chi connectivity index (χ1v) is 5.23. The average molecular weight is 236 g/mol. The van der Waals surface area contributed by atoms with E-state index in [1.807, 2.05) is 0 Å². The van der Waals surface area contributed by atoms with Crippen LogP contribution in [0.15, 0.2) is 41.7 Å². The van der Waals surface area contributed by atoms with E-state index in [0.29, 0.717) is 5.57 Å². The summed E-state index contributed by atoms with van der Waals surface area (Å²) in [6.07, 6.45) is 0. The second-order valence-corrected chi connectivity index (χ2v) is 4.06. The maximum absolute atomic E-state index is 12.0. The SMILES string of the molecule is CC(C)=C(O)C(O)(CO)C(=O)c1ccccc1. The van der Waals surface area contributed by atoms with Gasteiger partial charge in [0.15, 0.2) is 0 Å². The van der Waals surface area contributed by atoms with E-state index in [4.69, 9.17) is 0 Å². The molecule has 0 fully saturated rings. The molecule has 0 spiro atoms. The summed E-state index contributed by atoms with van der Waals surface area (Å²) >= 11 is 0. The highest BCUT2D eigenvalue weighted by Gasteiger charge is 2.40. The number of carbonyl (C=O) groups is 1. The molecule has 17 heavy (non-hydrogen) atoms. The van der Waals surface area contributed by atoms with E-state index < -0.39 is 23.8 Å². The number of benzene rings is 1. The summed E-state index contributed by atoms with van der Waals surface area (Å²) in [5.74, 6) is -1.23.